The van der Waals surface area contributed by atoms with Crippen LogP contribution in [0.1, 0.15) is 30.1 Å². The minimum atomic E-state index is -0.445. The summed E-state index contributed by atoms with van der Waals surface area (Å²) in [7, 11) is 0. The molecule has 1 aromatic heterocycles. The van der Waals surface area contributed by atoms with Crippen molar-refractivity contribution in [3.05, 3.63) is 63.8 Å². The molecule has 2 aromatic rings. The van der Waals surface area contributed by atoms with Gasteiger partial charge in [0.25, 0.3) is 5.69 Å². The fourth-order valence-corrected chi connectivity index (χ4v) is 2.95. The number of rotatable bonds is 4. The second kappa shape index (κ2) is 6.66. The second-order valence-corrected chi connectivity index (χ2v) is 5.80. The Balaban J connectivity index is 1.83. The quantitative estimate of drug-likeness (QED) is 0.665. The van der Waals surface area contributed by atoms with Crippen LogP contribution in [0.25, 0.3) is 0 Å². The summed E-state index contributed by atoms with van der Waals surface area (Å²) in [6, 6.07) is 12.6. The van der Waals surface area contributed by atoms with E-state index in [0.717, 1.165) is 5.56 Å². The lowest BCUT2D eigenvalue weighted by Crippen LogP contribution is -2.45. The predicted molar refractivity (Wildman–Crippen MR) is 89.6 cm³/mol. The summed E-state index contributed by atoms with van der Waals surface area (Å²) in [6.07, 6.45) is 1.11. The van der Waals surface area contributed by atoms with Crippen molar-refractivity contribution in [2.24, 2.45) is 0 Å². The highest BCUT2D eigenvalue weighted by molar-refractivity contribution is 5.77. The van der Waals surface area contributed by atoms with Gasteiger partial charge in [0, 0.05) is 12.5 Å². The summed E-state index contributed by atoms with van der Waals surface area (Å²) in [4.78, 5) is 26.5. The van der Waals surface area contributed by atoms with Gasteiger partial charge in [-0.15, -0.1) is 0 Å². The van der Waals surface area contributed by atoms with Gasteiger partial charge in [0.2, 0.25) is 5.91 Å². The van der Waals surface area contributed by atoms with E-state index in [4.69, 9.17) is 0 Å². The molecule has 1 amide bonds. The van der Waals surface area contributed by atoms with Crippen molar-refractivity contribution >= 4 is 17.4 Å². The Kier molecular flexibility index (Phi) is 4.41. The van der Waals surface area contributed by atoms with Crippen LogP contribution >= 0.6 is 0 Å². The first kappa shape index (κ1) is 15.9. The fourth-order valence-electron chi connectivity index (χ4n) is 2.95. The van der Waals surface area contributed by atoms with E-state index < -0.39 is 4.92 Å². The van der Waals surface area contributed by atoms with Gasteiger partial charge < -0.3 is 10.6 Å². The molecule has 2 N–H and O–H groups in total. The van der Waals surface area contributed by atoms with E-state index in [-0.39, 0.29) is 23.7 Å². The molecule has 24 heavy (non-hydrogen) atoms. The van der Waals surface area contributed by atoms with Crippen LogP contribution in [0.15, 0.2) is 42.5 Å². The number of carbonyl (C=O) groups excluding carboxylic acids is 1. The van der Waals surface area contributed by atoms with E-state index in [2.05, 4.69) is 15.6 Å². The van der Waals surface area contributed by atoms with Crippen molar-refractivity contribution in [1.29, 1.82) is 0 Å². The van der Waals surface area contributed by atoms with Gasteiger partial charge in [-0.05, 0) is 25.0 Å². The van der Waals surface area contributed by atoms with Crippen LogP contribution < -0.4 is 10.6 Å². The Morgan fingerprint density at radius 2 is 2.00 bits per heavy atom. The van der Waals surface area contributed by atoms with Gasteiger partial charge >= 0.3 is 0 Å². The first-order valence-corrected chi connectivity index (χ1v) is 7.77. The number of aromatic nitrogens is 1. The summed E-state index contributed by atoms with van der Waals surface area (Å²) in [5.74, 6) is 0.593. The van der Waals surface area contributed by atoms with Crippen LogP contribution in [0, 0.1) is 17.0 Å². The number of nitrogens with zero attached hydrogens (tertiary/aromatic N) is 2. The molecule has 3 rings (SSSR count). The topological polar surface area (TPSA) is 97.2 Å². The van der Waals surface area contributed by atoms with E-state index in [1.54, 1.807) is 13.0 Å². The molecule has 2 atom stereocenters. The van der Waals surface area contributed by atoms with Gasteiger partial charge in [-0.3, -0.25) is 14.9 Å². The number of anilines is 1. The van der Waals surface area contributed by atoms with E-state index in [9.17, 15) is 14.9 Å². The van der Waals surface area contributed by atoms with E-state index in [1.807, 2.05) is 30.3 Å². The zero-order valence-electron chi connectivity index (χ0n) is 13.2. The zero-order valence-corrected chi connectivity index (χ0v) is 13.2. The first-order chi connectivity index (χ1) is 11.5. The molecule has 0 bridgehead atoms. The molecular weight excluding hydrogens is 308 g/mol. The van der Waals surface area contributed by atoms with Crippen molar-refractivity contribution in [2.45, 2.75) is 31.8 Å². The predicted octanol–water partition coefficient (Wildman–Crippen LogP) is 2.73. The molecule has 7 heteroatoms. The summed E-state index contributed by atoms with van der Waals surface area (Å²) in [5, 5.41) is 17.2. The molecular formula is C17H18N4O3. The van der Waals surface area contributed by atoms with Crippen molar-refractivity contribution in [3.63, 3.8) is 0 Å². The van der Waals surface area contributed by atoms with Crippen LogP contribution in [-0.4, -0.2) is 21.9 Å². The smallest absolute Gasteiger partial charge is 0.290 e. The average Bonchev–Trinajstić information content (AvgIpc) is 2.57. The molecule has 0 unspecified atom stereocenters. The lowest BCUT2D eigenvalue weighted by molar-refractivity contribution is -0.385. The summed E-state index contributed by atoms with van der Waals surface area (Å²) < 4.78 is 0. The van der Waals surface area contributed by atoms with Gasteiger partial charge in [-0.1, -0.05) is 30.3 Å². The van der Waals surface area contributed by atoms with Gasteiger partial charge in [0.1, 0.15) is 11.5 Å². The first-order valence-electron chi connectivity index (χ1n) is 7.77. The largest absolute Gasteiger partial charge is 0.365 e. The number of hydrogen-bond acceptors (Lipinski definition) is 5. The fraction of sp³-hybridized carbons (Fsp3) is 0.294. The van der Waals surface area contributed by atoms with E-state index >= 15 is 0 Å². The third-order valence-electron chi connectivity index (χ3n) is 4.15. The number of nitro groups is 1. The Morgan fingerprint density at radius 1 is 1.25 bits per heavy atom. The van der Waals surface area contributed by atoms with Crippen LogP contribution in [0.5, 0.6) is 0 Å². The van der Waals surface area contributed by atoms with Crippen LogP contribution in [0.4, 0.5) is 11.5 Å². The Hall–Kier alpha value is -2.96. The third-order valence-corrected chi connectivity index (χ3v) is 4.15. The highest BCUT2D eigenvalue weighted by Gasteiger charge is 2.30. The molecule has 7 nitrogen and oxygen atoms in total. The molecule has 0 saturated carbocycles. The van der Waals surface area contributed by atoms with Crippen LogP contribution in [0.2, 0.25) is 0 Å². The van der Waals surface area contributed by atoms with Gasteiger partial charge in [-0.25, -0.2) is 4.98 Å². The molecule has 1 saturated heterocycles. The highest BCUT2D eigenvalue weighted by Crippen LogP contribution is 2.27. The zero-order chi connectivity index (χ0) is 17.1. The standard InChI is InChI=1S/C17H18N4O3/c1-11-14(21(23)24)8-9-15(18-11)19-13-7-10-16(22)20-17(13)12-5-3-2-4-6-12/h2-6,8-9,13,17H,7,10H2,1H3,(H,18,19)(H,20,22)/t13-,17+/m1/s1. The Morgan fingerprint density at radius 3 is 2.67 bits per heavy atom. The molecule has 1 fully saturated rings. The normalized spacial score (nSPS) is 20.3. The summed E-state index contributed by atoms with van der Waals surface area (Å²) >= 11 is 0. The number of amides is 1. The molecule has 124 valence electrons. The molecule has 1 aromatic carbocycles. The molecule has 0 spiro atoms. The average molecular weight is 326 g/mol. The lowest BCUT2D eigenvalue weighted by atomic mass is 9.92. The third kappa shape index (κ3) is 3.34. The molecule has 0 aliphatic carbocycles. The molecule has 1 aliphatic rings. The second-order valence-electron chi connectivity index (χ2n) is 5.80. The number of benzene rings is 1. The van der Waals surface area contributed by atoms with Gasteiger partial charge in [0.05, 0.1) is 17.0 Å². The number of nitrogens with one attached hydrogen (secondary N) is 2. The van der Waals surface area contributed by atoms with Crippen molar-refractivity contribution < 1.29 is 9.72 Å². The lowest BCUT2D eigenvalue weighted by Gasteiger charge is -2.33. The number of carbonyl (C=O) groups is 1. The number of hydrogen-bond donors (Lipinski definition) is 2. The van der Waals surface area contributed by atoms with Crippen LogP contribution in [-0.2, 0) is 4.79 Å². The maximum absolute atomic E-state index is 11.8. The Bertz CT molecular complexity index is 764. The van der Waals surface area contributed by atoms with Gasteiger partial charge in [0.15, 0.2) is 0 Å². The molecule has 2 heterocycles. The Labute approximate surface area is 139 Å². The van der Waals surface area contributed by atoms with E-state index in [0.29, 0.717) is 24.4 Å². The van der Waals surface area contributed by atoms with Gasteiger partial charge in [-0.2, -0.15) is 0 Å². The number of pyridine rings is 1. The maximum Gasteiger partial charge on any atom is 0.290 e. The van der Waals surface area contributed by atoms with E-state index in [1.165, 1.54) is 6.07 Å². The minimum absolute atomic E-state index is 0.00268. The minimum Gasteiger partial charge on any atom is -0.365 e. The summed E-state index contributed by atoms with van der Waals surface area (Å²) in [6.45, 7) is 1.61. The number of aryl methyl sites for hydroxylation is 1. The highest BCUT2D eigenvalue weighted by atomic mass is 16.6. The number of piperidine rings is 1. The van der Waals surface area contributed by atoms with Crippen molar-refractivity contribution in [1.82, 2.24) is 10.3 Å². The monoisotopic (exact) mass is 326 g/mol. The molecule has 1 aliphatic heterocycles. The van der Waals surface area contributed by atoms with Crippen molar-refractivity contribution in [2.75, 3.05) is 5.32 Å². The van der Waals surface area contributed by atoms with Crippen LogP contribution in [0.3, 0.4) is 0 Å². The van der Waals surface area contributed by atoms with Crippen molar-refractivity contribution in [3.8, 4) is 0 Å². The SMILES string of the molecule is Cc1nc(N[C@@H]2CCC(=O)N[C@H]2c2ccccc2)ccc1[N+](=O)[O-]. The molecule has 0 radical (unpaired) electrons. The maximum atomic E-state index is 11.8. The summed E-state index contributed by atoms with van der Waals surface area (Å²) in [5.41, 5.74) is 1.37.